The summed E-state index contributed by atoms with van der Waals surface area (Å²) in [4.78, 5) is 24.7. The first-order chi connectivity index (χ1) is 11.2. The van der Waals surface area contributed by atoms with Crippen LogP contribution in [-0.4, -0.2) is 54.3 Å². The standard InChI is InChI=1S/C17H34N4O3/c1-5-6-7-14(12-19-16(23)24-17(2,3)4)20-13-8-10-21(11-9-13)15(18)22/h13-14,20H,5-12H2,1-4H3,(H2,18,22)(H,19,23). The number of unbranched alkanes of at least 4 members (excludes halogenated alkanes) is 1. The molecule has 1 fully saturated rings. The second-order valence-electron chi connectivity index (χ2n) is 7.49. The van der Waals surface area contributed by atoms with E-state index in [1.54, 1.807) is 4.90 Å². The van der Waals surface area contributed by atoms with E-state index in [9.17, 15) is 9.59 Å². The number of nitrogens with two attached hydrogens (primary N) is 1. The lowest BCUT2D eigenvalue weighted by Gasteiger charge is -2.34. The molecule has 1 aliphatic heterocycles. The Morgan fingerprint density at radius 1 is 1.29 bits per heavy atom. The Morgan fingerprint density at radius 3 is 2.42 bits per heavy atom. The SMILES string of the molecule is CCCCC(CNC(=O)OC(C)(C)C)NC1CCN(C(N)=O)CC1. The van der Waals surface area contributed by atoms with Crippen molar-refractivity contribution in [3.63, 3.8) is 0 Å². The van der Waals surface area contributed by atoms with Gasteiger partial charge in [0.2, 0.25) is 0 Å². The number of primary amides is 1. The van der Waals surface area contributed by atoms with Crippen molar-refractivity contribution < 1.29 is 14.3 Å². The van der Waals surface area contributed by atoms with Crippen LogP contribution in [0.4, 0.5) is 9.59 Å². The number of nitrogens with one attached hydrogen (secondary N) is 2. The molecule has 140 valence electrons. The second kappa shape index (κ2) is 9.71. The molecule has 1 aliphatic rings. The third-order valence-corrected chi connectivity index (χ3v) is 4.08. The quantitative estimate of drug-likeness (QED) is 0.661. The van der Waals surface area contributed by atoms with Gasteiger partial charge in [-0.05, 0) is 40.0 Å². The first kappa shape index (κ1) is 20.5. The molecule has 0 aliphatic carbocycles. The fraction of sp³-hybridized carbons (Fsp3) is 0.882. The molecule has 0 spiro atoms. The topological polar surface area (TPSA) is 96.7 Å². The van der Waals surface area contributed by atoms with Gasteiger partial charge in [0.05, 0.1) is 0 Å². The number of hydrogen-bond acceptors (Lipinski definition) is 4. The van der Waals surface area contributed by atoms with Crippen molar-refractivity contribution in [2.24, 2.45) is 5.73 Å². The first-order valence-electron chi connectivity index (χ1n) is 8.98. The van der Waals surface area contributed by atoms with Crippen molar-refractivity contribution in [3.05, 3.63) is 0 Å². The highest BCUT2D eigenvalue weighted by Crippen LogP contribution is 2.12. The van der Waals surface area contributed by atoms with Gasteiger partial charge in [-0.15, -0.1) is 0 Å². The van der Waals surface area contributed by atoms with Gasteiger partial charge in [0, 0.05) is 31.7 Å². The predicted molar refractivity (Wildman–Crippen MR) is 94.9 cm³/mol. The van der Waals surface area contributed by atoms with E-state index in [4.69, 9.17) is 10.5 Å². The Balaban J connectivity index is 2.42. The number of carbonyl (C=O) groups excluding carboxylic acids is 2. The Morgan fingerprint density at radius 2 is 1.92 bits per heavy atom. The smallest absolute Gasteiger partial charge is 0.407 e. The highest BCUT2D eigenvalue weighted by atomic mass is 16.6. The zero-order valence-electron chi connectivity index (χ0n) is 15.6. The summed E-state index contributed by atoms with van der Waals surface area (Å²) in [5, 5.41) is 6.48. The summed E-state index contributed by atoms with van der Waals surface area (Å²) < 4.78 is 5.29. The van der Waals surface area contributed by atoms with E-state index < -0.39 is 5.60 Å². The average Bonchev–Trinajstić information content (AvgIpc) is 2.48. The van der Waals surface area contributed by atoms with Gasteiger partial charge in [0.25, 0.3) is 0 Å². The van der Waals surface area contributed by atoms with Gasteiger partial charge in [0.15, 0.2) is 0 Å². The molecule has 1 rings (SSSR count). The number of rotatable bonds is 7. The molecule has 0 saturated carbocycles. The van der Waals surface area contributed by atoms with Crippen LogP contribution in [-0.2, 0) is 4.74 Å². The maximum absolute atomic E-state index is 11.8. The first-order valence-corrected chi connectivity index (χ1v) is 8.98. The van der Waals surface area contributed by atoms with E-state index in [1.165, 1.54) is 0 Å². The fourth-order valence-electron chi connectivity index (χ4n) is 2.82. The molecule has 3 amide bonds. The van der Waals surface area contributed by atoms with Crippen LogP contribution < -0.4 is 16.4 Å². The number of nitrogens with zero attached hydrogens (tertiary/aromatic N) is 1. The van der Waals surface area contributed by atoms with Crippen LogP contribution in [0.5, 0.6) is 0 Å². The van der Waals surface area contributed by atoms with E-state index >= 15 is 0 Å². The molecule has 7 heteroatoms. The monoisotopic (exact) mass is 342 g/mol. The summed E-state index contributed by atoms with van der Waals surface area (Å²) in [6.45, 7) is 9.64. The Kier molecular flexibility index (Phi) is 8.31. The van der Waals surface area contributed by atoms with Gasteiger partial charge in [-0.1, -0.05) is 19.8 Å². The molecule has 1 unspecified atom stereocenters. The van der Waals surface area contributed by atoms with Crippen molar-refractivity contribution >= 4 is 12.1 Å². The molecule has 24 heavy (non-hydrogen) atoms. The zero-order chi connectivity index (χ0) is 18.2. The average molecular weight is 342 g/mol. The number of piperidine rings is 1. The molecule has 0 aromatic carbocycles. The summed E-state index contributed by atoms with van der Waals surface area (Å²) in [5.41, 5.74) is 4.83. The minimum Gasteiger partial charge on any atom is -0.444 e. The number of carbonyl (C=O) groups is 2. The predicted octanol–water partition coefficient (Wildman–Crippen LogP) is 2.20. The van der Waals surface area contributed by atoms with Crippen molar-refractivity contribution in [2.75, 3.05) is 19.6 Å². The molecule has 7 nitrogen and oxygen atoms in total. The van der Waals surface area contributed by atoms with Crippen molar-refractivity contribution in [1.29, 1.82) is 0 Å². The van der Waals surface area contributed by atoms with Gasteiger partial charge in [0.1, 0.15) is 5.60 Å². The molecule has 1 saturated heterocycles. The van der Waals surface area contributed by atoms with Gasteiger partial charge in [-0.2, -0.15) is 0 Å². The number of alkyl carbamates (subject to hydrolysis) is 1. The number of hydrogen-bond donors (Lipinski definition) is 3. The van der Waals surface area contributed by atoms with E-state index in [-0.39, 0.29) is 18.2 Å². The Labute approximate surface area is 145 Å². The van der Waals surface area contributed by atoms with Crippen molar-refractivity contribution in [1.82, 2.24) is 15.5 Å². The van der Waals surface area contributed by atoms with Crippen molar-refractivity contribution in [3.8, 4) is 0 Å². The maximum atomic E-state index is 11.8. The molecule has 4 N–H and O–H groups in total. The molecular weight excluding hydrogens is 308 g/mol. The van der Waals surface area contributed by atoms with E-state index in [0.29, 0.717) is 25.7 Å². The summed E-state index contributed by atoms with van der Waals surface area (Å²) in [5.74, 6) is 0. The minimum absolute atomic E-state index is 0.211. The fourth-order valence-corrected chi connectivity index (χ4v) is 2.82. The minimum atomic E-state index is -0.488. The number of ether oxygens (including phenoxy) is 1. The number of amides is 3. The normalized spacial score (nSPS) is 17.4. The van der Waals surface area contributed by atoms with Gasteiger partial charge in [-0.3, -0.25) is 0 Å². The molecule has 0 bridgehead atoms. The highest BCUT2D eigenvalue weighted by molar-refractivity contribution is 5.72. The van der Waals surface area contributed by atoms with Gasteiger partial charge in [-0.25, -0.2) is 9.59 Å². The van der Waals surface area contributed by atoms with E-state index in [2.05, 4.69) is 17.6 Å². The van der Waals surface area contributed by atoms with Crippen LogP contribution in [0.2, 0.25) is 0 Å². The molecular formula is C17H34N4O3. The molecule has 0 aromatic heterocycles. The van der Waals surface area contributed by atoms with Crippen LogP contribution in [0, 0.1) is 0 Å². The van der Waals surface area contributed by atoms with Crippen LogP contribution >= 0.6 is 0 Å². The highest BCUT2D eigenvalue weighted by Gasteiger charge is 2.24. The van der Waals surface area contributed by atoms with Crippen LogP contribution in [0.3, 0.4) is 0 Å². The summed E-state index contributed by atoms with van der Waals surface area (Å²) >= 11 is 0. The number of urea groups is 1. The Hall–Kier alpha value is -1.50. The Bertz CT molecular complexity index is 401. The lowest BCUT2D eigenvalue weighted by molar-refractivity contribution is 0.0519. The molecule has 1 heterocycles. The molecule has 1 atom stereocenters. The third-order valence-electron chi connectivity index (χ3n) is 4.08. The van der Waals surface area contributed by atoms with Crippen LogP contribution in [0.25, 0.3) is 0 Å². The third kappa shape index (κ3) is 8.38. The lowest BCUT2D eigenvalue weighted by atomic mass is 10.0. The van der Waals surface area contributed by atoms with Gasteiger partial charge >= 0.3 is 12.1 Å². The summed E-state index contributed by atoms with van der Waals surface area (Å²) in [7, 11) is 0. The summed E-state index contributed by atoms with van der Waals surface area (Å²) in [6, 6.07) is 0.216. The maximum Gasteiger partial charge on any atom is 0.407 e. The summed E-state index contributed by atoms with van der Waals surface area (Å²) in [6.07, 6.45) is 4.62. The molecule has 0 aromatic rings. The van der Waals surface area contributed by atoms with E-state index in [1.807, 2.05) is 20.8 Å². The van der Waals surface area contributed by atoms with Crippen molar-refractivity contribution in [2.45, 2.75) is 77.5 Å². The van der Waals surface area contributed by atoms with E-state index in [0.717, 1.165) is 32.1 Å². The molecule has 0 radical (unpaired) electrons. The second-order valence-corrected chi connectivity index (χ2v) is 7.49. The van der Waals surface area contributed by atoms with Crippen LogP contribution in [0.15, 0.2) is 0 Å². The lowest BCUT2D eigenvalue weighted by Crippen LogP contribution is -2.51. The van der Waals surface area contributed by atoms with Gasteiger partial charge < -0.3 is 26.0 Å². The largest absolute Gasteiger partial charge is 0.444 e. The number of likely N-dealkylation sites (tertiary alicyclic amines) is 1. The zero-order valence-corrected chi connectivity index (χ0v) is 15.6. The van der Waals surface area contributed by atoms with Crippen LogP contribution in [0.1, 0.15) is 59.8 Å².